The minimum Gasteiger partial charge on any atom is -0.480 e. The number of benzene rings is 1. The topological polar surface area (TPSA) is 107 Å². The molecule has 96 valence electrons. The van der Waals surface area contributed by atoms with Gasteiger partial charge in [0.05, 0.1) is 16.7 Å². The number of nitrogens with two attached hydrogens (primary N) is 1. The molecule has 18 heavy (non-hydrogen) atoms. The number of aliphatic carboxylic acids is 1. The fourth-order valence-corrected chi connectivity index (χ4v) is 1.78. The van der Waals surface area contributed by atoms with Crippen LogP contribution in [0.1, 0.15) is 16.7 Å². The molecule has 0 spiro atoms. The summed E-state index contributed by atoms with van der Waals surface area (Å²) in [4.78, 5) is 10.6. The Balaban J connectivity index is 2.97. The molecule has 0 amide bonds. The monoisotopic (exact) mass is 268 g/mol. The largest absolute Gasteiger partial charge is 0.480 e. The predicted molar refractivity (Wildman–Crippen MR) is 66.2 cm³/mol. The van der Waals surface area contributed by atoms with E-state index in [2.05, 4.69) is 0 Å². The minimum atomic E-state index is -1.35. The molecule has 4 N–H and O–H groups in total. The molecule has 1 aromatic carbocycles. The summed E-state index contributed by atoms with van der Waals surface area (Å²) >= 11 is 5.97. The first kappa shape index (κ1) is 14.5. The third-order valence-corrected chi connectivity index (χ3v) is 3.23. The molecule has 0 bridgehead atoms. The maximum atomic E-state index is 10.6. The number of rotatable bonds is 4. The SMILES string of the molecule is Cc1c(C[C@H](O)[C@@H](N)C(=O)O)ccc(C#N)c1Cl. The number of nitrogens with zero attached hydrogens (tertiary/aromatic N) is 1. The zero-order valence-electron chi connectivity index (χ0n) is 9.72. The number of aliphatic hydroxyl groups excluding tert-OH is 1. The molecule has 5 nitrogen and oxygen atoms in total. The van der Waals surface area contributed by atoms with Crippen LogP contribution in [0.5, 0.6) is 0 Å². The number of hydrogen-bond acceptors (Lipinski definition) is 4. The van der Waals surface area contributed by atoms with Crippen LogP contribution in [0.15, 0.2) is 12.1 Å². The van der Waals surface area contributed by atoms with Gasteiger partial charge in [0.15, 0.2) is 0 Å². The van der Waals surface area contributed by atoms with Gasteiger partial charge in [-0.1, -0.05) is 17.7 Å². The molecule has 1 rings (SSSR count). The maximum absolute atomic E-state index is 10.6. The Hall–Kier alpha value is -1.61. The van der Waals surface area contributed by atoms with Gasteiger partial charge in [0.25, 0.3) is 0 Å². The van der Waals surface area contributed by atoms with E-state index in [4.69, 9.17) is 27.7 Å². The lowest BCUT2D eigenvalue weighted by atomic mass is 9.97. The van der Waals surface area contributed by atoms with Crippen molar-refractivity contribution in [3.05, 3.63) is 33.8 Å². The van der Waals surface area contributed by atoms with E-state index in [9.17, 15) is 9.90 Å². The van der Waals surface area contributed by atoms with Crippen molar-refractivity contribution in [2.24, 2.45) is 5.73 Å². The molecule has 2 atom stereocenters. The second kappa shape index (κ2) is 5.83. The summed E-state index contributed by atoms with van der Waals surface area (Å²) in [5.41, 5.74) is 6.98. The average Bonchev–Trinajstić information content (AvgIpc) is 2.34. The van der Waals surface area contributed by atoms with E-state index in [0.717, 1.165) is 0 Å². The van der Waals surface area contributed by atoms with Crippen molar-refractivity contribution in [2.75, 3.05) is 0 Å². The van der Waals surface area contributed by atoms with Crippen LogP contribution in [0.25, 0.3) is 0 Å². The Kier molecular flexibility index (Phi) is 4.68. The van der Waals surface area contributed by atoms with Gasteiger partial charge in [0.2, 0.25) is 0 Å². The Morgan fingerprint density at radius 1 is 1.61 bits per heavy atom. The maximum Gasteiger partial charge on any atom is 0.323 e. The van der Waals surface area contributed by atoms with Crippen molar-refractivity contribution in [1.82, 2.24) is 0 Å². The Morgan fingerprint density at radius 2 is 2.22 bits per heavy atom. The summed E-state index contributed by atoms with van der Waals surface area (Å²) in [6, 6.07) is 3.76. The lowest BCUT2D eigenvalue weighted by molar-refractivity contribution is -0.141. The second-order valence-corrected chi connectivity index (χ2v) is 4.34. The highest BCUT2D eigenvalue weighted by atomic mass is 35.5. The quantitative estimate of drug-likeness (QED) is 0.750. The molecule has 1 aromatic rings. The highest BCUT2D eigenvalue weighted by Gasteiger charge is 2.23. The number of carbonyl (C=O) groups is 1. The molecule has 0 heterocycles. The van der Waals surface area contributed by atoms with Crippen molar-refractivity contribution >= 4 is 17.6 Å². The summed E-state index contributed by atoms with van der Waals surface area (Å²) < 4.78 is 0. The highest BCUT2D eigenvalue weighted by molar-refractivity contribution is 6.32. The van der Waals surface area contributed by atoms with Crippen molar-refractivity contribution in [1.29, 1.82) is 5.26 Å². The van der Waals surface area contributed by atoms with E-state index in [1.165, 1.54) is 6.07 Å². The van der Waals surface area contributed by atoms with Gasteiger partial charge in [0.1, 0.15) is 12.1 Å². The molecule has 0 aliphatic heterocycles. The van der Waals surface area contributed by atoms with E-state index in [-0.39, 0.29) is 6.42 Å². The zero-order chi connectivity index (χ0) is 13.9. The fourth-order valence-electron chi connectivity index (χ4n) is 1.55. The van der Waals surface area contributed by atoms with Gasteiger partial charge in [0, 0.05) is 6.42 Å². The lowest BCUT2D eigenvalue weighted by Crippen LogP contribution is -2.43. The number of aliphatic hydroxyl groups is 1. The van der Waals surface area contributed by atoms with Crippen molar-refractivity contribution in [2.45, 2.75) is 25.5 Å². The molecule has 0 aromatic heterocycles. The fraction of sp³-hybridized carbons (Fsp3) is 0.333. The Morgan fingerprint density at radius 3 is 2.72 bits per heavy atom. The van der Waals surface area contributed by atoms with Crippen LogP contribution in [-0.2, 0) is 11.2 Å². The molecule has 0 radical (unpaired) electrons. The minimum absolute atomic E-state index is 0.0741. The number of carboxylic acid groups (broad SMARTS) is 1. The molecular formula is C12H13ClN2O3. The van der Waals surface area contributed by atoms with Gasteiger partial charge in [-0.25, -0.2) is 0 Å². The van der Waals surface area contributed by atoms with E-state index < -0.39 is 18.1 Å². The number of halogens is 1. The van der Waals surface area contributed by atoms with Gasteiger partial charge in [-0.2, -0.15) is 5.26 Å². The third-order valence-electron chi connectivity index (χ3n) is 2.75. The van der Waals surface area contributed by atoms with E-state index in [0.29, 0.717) is 21.7 Å². The van der Waals surface area contributed by atoms with Crippen LogP contribution in [0.4, 0.5) is 0 Å². The predicted octanol–water partition coefficient (Wildman–Crippen LogP) is 0.835. The van der Waals surface area contributed by atoms with Crippen molar-refractivity contribution in [3.8, 4) is 6.07 Å². The molecule has 0 saturated heterocycles. The smallest absolute Gasteiger partial charge is 0.323 e. The van der Waals surface area contributed by atoms with Crippen LogP contribution in [-0.4, -0.2) is 28.3 Å². The van der Waals surface area contributed by atoms with Crippen LogP contribution in [0.3, 0.4) is 0 Å². The summed E-state index contributed by atoms with van der Waals surface area (Å²) in [5, 5.41) is 27.5. The first-order valence-electron chi connectivity index (χ1n) is 5.23. The van der Waals surface area contributed by atoms with Gasteiger partial charge < -0.3 is 15.9 Å². The Labute approximate surface area is 109 Å². The van der Waals surface area contributed by atoms with Crippen LogP contribution < -0.4 is 5.73 Å². The number of nitriles is 1. The molecule has 6 heteroatoms. The van der Waals surface area contributed by atoms with Gasteiger partial charge in [-0.3, -0.25) is 4.79 Å². The van der Waals surface area contributed by atoms with Crippen molar-refractivity contribution in [3.63, 3.8) is 0 Å². The molecular weight excluding hydrogens is 256 g/mol. The molecule has 0 fully saturated rings. The average molecular weight is 269 g/mol. The molecule has 0 aliphatic carbocycles. The molecule has 0 unspecified atom stereocenters. The standard InChI is InChI=1S/C12H13ClN2O3/c1-6-7(2-3-8(5-14)10(6)13)4-9(16)11(15)12(17)18/h2-3,9,11,16H,4,15H2,1H3,(H,17,18)/t9-,11+/m0/s1. The first-order chi connectivity index (χ1) is 8.38. The van der Waals surface area contributed by atoms with E-state index in [1.807, 2.05) is 6.07 Å². The summed E-state index contributed by atoms with van der Waals surface area (Å²) in [5.74, 6) is -1.26. The summed E-state index contributed by atoms with van der Waals surface area (Å²) in [7, 11) is 0. The van der Waals surface area contributed by atoms with E-state index >= 15 is 0 Å². The van der Waals surface area contributed by atoms with Crippen LogP contribution in [0.2, 0.25) is 5.02 Å². The van der Waals surface area contributed by atoms with E-state index in [1.54, 1.807) is 13.0 Å². The molecule has 0 aliphatic rings. The Bertz CT molecular complexity index is 511. The van der Waals surface area contributed by atoms with Crippen molar-refractivity contribution < 1.29 is 15.0 Å². The summed E-state index contributed by atoms with van der Waals surface area (Å²) in [6.07, 6.45) is -1.13. The van der Waals surface area contributed by atoms with Crippen LogP contribution in [0, 0.1) is 18.3 Å². The molecule has 0 saturated carbocycles. The van der Waals surface area contributed by atoms with Gasteiger partial charge in [-0.15, -0.1) is 0 Å². The first-order valence-corrected chi connectivity index (χ1v) is 5.60. The third kappa shape index (κ3) is 2.99. The zero-order valence-corrected chi connectivity index (χ0v) is 10.5. The normalized spacial score (nSPS) is 13.7. The highest BCUT2D eigenvalue weighted by Crippen LogP contribution is 2.24. The van der Waals surface area contributed by atoms with Gasteiger partial charge in [-0.05, 0) is 24.1 Å². The number of carboxylic acids is 1. The lowest BCUT2D eigenvalue weighted by Gasteiger charge is -2.16. The summed E-state index contributed by atoms with van der Waals surface area (Å²) in [6.45, 7) is 1.71. The van der Waals surface area contributed by atoms with Gasteiger partial charge >= 0.3 is 5.97 Å². The number of hydrogen-bond donors (Lipinski definition) is 3. The van der Waals surface area contributed by atoms with Crippen LogP contribution >= 0.6 is 11.6 Å². The second-order valence-electron chi connectivity index (χ2n) is 3.96.